The zero-order valence-corrected chi connectivity index (χ0v) is 9.93. The Balaban J connectivity index is 2.26. The van der Waals surface area contributed by atoms with Gasteiger partial charge in [-0.3, -0.25) is 0 Å². The van der Waals surface area contributed by atoms with Gasteiger partial charge in [-0.05, 0) is 24.3 Å². The van der Waals surface area contributed by atoms with E-state index in [9.17, 15) is 13.6 Å². The van der Waals surface area contributed by atoms with E-state index in [1.165, 1.54) is 30.3 Å². The number of carbonyl (C=O) groups is 1. The number of benzene rings is 2. The highest BCUT2D eigenvalue weighted by molar-refractivity contribution is 6.00. The van der Waals surface area contributed by atoms with E-state index in [0.717, 1.165) is 6.07 Å². The first-order valence-electron chi connectivity index (χ1n) is 5.65. The highest BCUT2D eigenvalue weighted by Crippen LogP contribution is 2.28. The number of fused-ring (bicyclic) bond motifs is 1. The molecule has 0 fully saturated rings. The minimum atomic E-state index is -1.17. The molecule has 0 aliphatic heterocycles. The first-order chi connectivity index (χ1) is 9.58. The summed E-state index contributed by atoms with van der Waals surface area (Å²) >= 11 is 0. The third-order valence-corrected chi connectivity index (χ3v) is 2.83. The number of aromatic carboxylic acids is 1. The van der Waals surface area contributed by atoms with Crippen LogP contribution in [0.4, 0.5) is 8.78 Å². The van der Waals surface area contributed by atoms with Crippen LogP contribution in [0.25, 0.3) is 22.6 Å². The highest BCUT2D eigenvalue weighted by atomic mass is 19.2. The highest BCUT2D eigenvalue weighted by Gasteiger charge is 2.18. The maximum Gasteiger partial charge on any atom is 0.338 e. The van der Waals surface area contributed by atoms with Crippen molar-refractivity contribution in [3.8, 4) is 11.5 Å². The summed E-state index contributed by atoms with van der Waals surface area (Å²) in [5, 5.41) is 9.05. The third-order valence-electron chi connectivity index (χ3n) is 2.83. The molecule has 2 aromatic carbocycles. The summed E-state index contributed by atoms with van der Waals surface area (Å²) < 4.78 is 32.2. The van der Waals surface area contributed by atoms with Crippen LogP contribution in [0.2, 0.25) is 0 Å². The topological polar surface area (TPSA) is 63.3 Å². The van der Waals surface area contributed by atoms with Gasteiger partial charge in [0, 0.05) is 0 Å². The van der Waals surface area contributed by atoms with Gasteiger partial charge >= 0.3 is 5.97 Å². The van der Waals surface area contributed by atoms with E-state index in [0.29, 0.717) is 0 Å². The lowest BCUT2D eigenvalue weighted by Gasteiger charge is -1.97. The van der Waals surface area contributed by atoms with Gasteiger partial charge in [0.15, 0.2) is 17.2 Å². The van der Waals surface area contributed by atoms with Gasteiger partial charge in [-0.25, -0.2) is 18.6 Å². The van der Waals surface area contributed by atoms with Crippen LogP contribution in [0.3, 0.4) is 0 Å². The molecule has 4 nitrogen and oxygen atoms in total. The van der Waals surface area contributed by atoms with Crippen molar-refractivity contribution in [3.63, 3.8) is 0 Å². The number of para-hydroxylation sites is 1. The Bertz CT molecular complexity index is 826. The van der Waals surface area contributed by atoms with E-state index in [-0.39, 0.29) is 28.1 Å². The van der Waals surface area contributed by atoms with E-state index >= 15 is 0 Å². The molecule has 1 heterocycles. The Morgan fingerprint density at radius 1 is 1.15 bits per heavy atom. The van der Waals surface area contributed by atoms with Gasteiger partial charge in [-0.15, -0.1) is 0 Å². The molecule has 1 N–H and O–H groups in total. The van der Waals surface area contributed by atoms with Crippen molar-refractivity contribution in [1.29, 1.82) is 0 Å². The fourth-order valence-corrected chi connectivity index (χ4v) is 1.91. The SMILES string of the molecule is O=C(O)c1cccc2oc(-c3cccc(F)c3F)nc12. The molecule has 0 atom stereocenters. The molecule has 0 saturated carbocycles. The molecule has 3 rings (SSSR count). The minimum absolute atomic E-state index is 0.0608. The maximum absolute atomic E-state index is 13.7. The molecule has 0 aliphatic carbocycles. The van der Waals surface area contributed by atoms with Crippen molar-refractivity contribution in [2.45, 2.75) is 0 Å². The summed E-state index contributed by atoms with van der Waals surface area (Å²) in [6.07, 6.45) is 0. The van der Waals surface area contributed by atoms with Crippen molar-refractivity contribution in [1.82, 2.24) is 4.98 Å². The van der Waals surface area contributed by atoms with Gasteiger partial charge in [0.2, 0.25) is 5.89 Å². The normalized spacial score (nSPS) is 10.9. The average Bonchev–Trinajstić information content (AvgIpc) is 2.84. The maximum atomic E-state index is 13.7. The second-order valence-electron chi connectivity index (χ2n) is 4.08. The molecule has 0 bridgehead atoms. The Kier molecular flexibility index (Phi) is 2.71. The molecule has 3 aromatic rings. The average molecular weight is 275 g/mol. The zero-order chi connectivity index (χ0) is 14.3. The lowest BCUT2D eigenvalue weighted by atomic mass is 10.2. The van der Waals surface area contributed by atoms with Gasteiger partial charge in [0.1, 0.15) is 5.52 Å². The Hall–Kier alpha value is -2.76. The summed E-state index contributed by atoms with van der Waals surface area (Å²) in [5.41, 5.74) is 0.0778. The Labute approximate surface area is 111 Å². The smallest absolute Gasteiger partial charge is 0.338 e. The van der Waals surface area contributed by atoms with Crippen LogP contribution >= 0.6 is 0 Å². The van der Waals surface area contributed by atoms with Crippen molar-refractivity contribution < 1.29 is 23.1 Å². The van der Waals surface area contributed by atoms with Crippen LogP contribution in [-0.2, 0) is 0 Å². The molecule has 0 radical (unpaired) electrons. The first kappa shape index (κ1) is 12.3. The Morgan fingerprint density at radius 2 is 1.90 bits per heavy atom. The second kappa shape index (κ2) is 4.41. The molecular formula is C14H7F2NO3. The van der Waals surface area contributed by atoms with Crippen molar-refractivity contribution in [2.75, 3.05) is 0 Å². The molecule has 0 unspecified atom stereocenters. The fraction of sp³-hybridized carbons (Fsp3) is 0. The lowest BCUT2D eigenvalue weighted by molar-refractivity contribution is 0.0699. The number of nitrogens with zero attached hydrogens (tertiary/aromatic N) is 1. The molecular weight excluding hydrogens is 268 g/mol. The molecule has 0 spiro atoms. The van der Waals surface area contributed by atoms with E-state index in [1.807, 2.05) is 0 Å². The quantitative estimate of drug-likeness (QED) is 0.777. The monoisotopic (exact) mass is 275 g/mol. The summed E-state index contributed by atoms with van der Waals surface area (Å²) in [7, 11) is 0. The lowest BCUT2D eigenvalue weighted by Crippen LogP contribution is -1.96. The molecule has 1 aromatic heterocycles. The number of rotatable bonds is 2. The zero-order valence-electron chi connectivity index (χ0n) is 9.93. The number of hydrogen-bond donors (Lipinski definition) is 1. The van der Waals surface area contributed by atoms with Gasteiger partial charge in [-0.2, -0.15) is 0 Å². The number of oxazole rings is 1. The predicted molar refractivity (Wildman–Crippen MR) is 66.3 cm³/mol. The summed E-state index contributed by atoms with van der Waals surface area (Å²) in [6.45, 7) is 0. The number of carboxylic acid groups (broad SMARTS) is 1. The van der Waals surface area contributed by atoms with E-state index in [1.54, 1.807) is 0 Å². The second-order valence-corrected chi connectivity index (χ2v) is 4.08. The van der Waals surface area contributed by atoms with Crippen molar-refractivity contribution in [3.05, 3.63) is 53.6 Å². The predicted octanol–water partition coefficient (Wildman–Crippen LogP) is 3.47. The van der Waals surface area contributed by atoms with Crippen LogP contribution < -0.4 is 0 Å². The Morgan fingerprint density at radius 3 is 2.65 bits per heavy atom. The number of aromatic nitrogens is 1. The standard InChI is InChI=1S/C14H7F2NO3/c15-9-5-1-3-7(11(9)16)13-17-12-8(14(18)19)4-2-6-10(12)20-13/h1-6H,(H,18,19). The van der Waals surface area contributed by atoms with Crippen LogP contribution in [0.15, 0.2) is 40.8 Å². The molecule has 0 amide bonds. The summed E-state index contributed by atoms with van der Waals surface area (Å²) in [5.74, 6) is -3.44. The largest absolute Gasteiger partial charge is 0.478 e. The molecule has 6 heteroatoms. The van der Waals surface area contributed by atoms with Crippen LogP contribution in [-0.4, -0.2) is 16.1 Å². The first-order valence-corrected chi connectivity index (χ1v) is 5.65. The molecule has 100 valence electrons. The van der Waals surface area contributed by atoms with Crippen molar-refractivity contribution in [2.24, 2.45) is 0 Å². The number of halogens is 2. The molecule has 20 heavy (non-hydrogen) atoms. The van der Waals surface area contributed by atoms with E-state index < -0.39 is 17.6 Å². The van der Waals surface area contributed by atoms with Gasteiger partial charge in [0.05, 0.1) is 11.1 Å². The number of carboxylic acids is 1. The van der Waals surface area contributed by atoms with E-state index in [2.05, 4.69) is 4.98 Å². The molecule has 0 saturated heterocycles. The van der Waals surface area contributed by atoms with E-state index in [4.69, 9.17) is 9.52 Å². The molecule has 0 aliphatic rings. The number of hydrogen-bond acceptors (Lipinski definition) is 3. The van der Waals surface area contributed by atoms with Gasteiger partial charge in [-0.1, -0.05) is 12.1 Å². The van der Waals surface area contributed by atoms with Crippen molar-refractivity contribution >= 4 is 17.1 Å². The summed E-state index contributed by atoms with van der Waals surface area (Å²) in [4.78, 5) is 15.0. The van der Waals surface area contributed by atoms with Crippen LogP contribution in [0.5, 0.6) is 0 Å². The van der Waals surface area contributed by atoms with Crippen LogP contribution in [0.1, 0.15) is 10.4 Å². The van der Waals surface area contributed by atoms with Crippen LogP contribution in [0, 0.1) is 11.6 Å². The summed E-state index contributed by atoms with van der Waals surface area (Å²) in [6, 6.07) is 7.96. The third kappa shape index (κ3) is 1.82. The minimum Gasteiger partial charge on any atom is -0.478 e. The van der Waals surface area contributed by atoms with Gasteiger partial charge < -0.3 is 9.52 Å². The fourth-order valence-electron chi connectivity index (χ4n) is 1.91. The van der Waals surface area contributed by atoms with Gasteiger partial charge in [0.25, 0.3) is 0 Å².